The summed E-state index contributed by atoms with van der Waals surface area (Å²) in [7, 11) is 2.13. The van der Waals surface area contributed by atoms with Gasteiger partial charge < -0.3 is 14.7 Å². The largest absolute Gasteiger partial charge is 0.508 e. The molecule has 0 spiro atoms. The van der Waals surface area contributed by atoms with Gasteiger partial charge in [0.1, 0.15) is 35.2 Å². The van der Waals surface area contributed by atoms with Gasteiger partial charge in [-0.1, -0.05) is 31.4 Å². The van der Waals surface area contributed by atoms with Crippen molar-refractivity contribution in [3.8, 4) is 35.4 Å². The molecule has 9 heteroatoms. The van der Waals surface area contributed by atoms with Crippen molar-refractivity contribution in [2.45, 2.75) is 63.5 Å². The SMILES string of the molecule is C#Cc1c(F)ccc2cc(O)cc(-c3nc4c5c(nc(OCC6(CCC)CCCN6C)nc5c3F)N3CCCC[C@H]3C=C4)c12. The summed E-state index contributed by atoms with van der Waals surface area (Å²) in [4.78, 5) is 18.9. The minimum atomic E-state index is -0.707. The maximum atomic E-state index is 16.9. The zero-order chi connectivity index (χ0) is 30.6. The normalized spacial score (nSPS) is 21.4. The van der Waals surface area contributed by atoms with Crippen LogP contribution in [0.4, 0.5) is 14.6 Å². The number of likely N-dealkylation sites (tertiary alicyclic amines) is 1. The molecule has 2 saturated heterocycles. The average Bonchev–Trinajstić information content (AvgIpc) is 3.30. The molecular formula is C35H35F2N5O2. The standard InChI is InChI=1S/C35H35F2N5O2/c1-4-14-35(15-8-16-41(35)3)20-44-34-39-32-29-27(13-11-22-9-6-7-17-42(22)33(29)40-34)38-31(30(32)37)25-19-23(43)18-21-10-12-26(36)24(5-2)28(21)25/h2,10-13,18-19,22,43H,4,6-9,14-17,20H2,1,3H3/t22-,35?/m0/s1. The lowest BCUT2D eigenvalue weighted by molar-refractivity contribution is 0.0828. The predicted octanol–water partition coefficient (Wildman–Crippen LogP) is 6.84. The molecule has 44 heavy (non-hydrogen) atoms. The maximum absolute atomic E-state index is 16.9. The Bertz CT molecular complexity index is 1870. The summed E-state index contributed by atoms with van der Waals surface area (Å²) in [5.41, 5.74) is 0.538. The molecule has 0 radical (unpaired) electrons. The number of pyridine rings is 1. The van der Waals surface area contributed by atoms with Crippen molar-refractivity contribution in [1.29, 1.82) is 0 Å². The van der Waals surface area contributed by atoms with Gasteiger partial charge in [-0.25, -0.2) is 13.8 Å². The van der Waals surface area contributed by atoms with E-state index >= 15 is 4.39 Å². The summed E-state index contributed by atoms with van der Waals surface area (Å²) in [5.74, 6) is 1.58. The van der Waals surface area contributed by atoms with Crippen molar-refractivity contribution in [2.75, 3.05) is 31.6 Å². The molecule has 5 heterocycles. The fourth-order valence-electron chi connectivity index (χ4n) is 7.42. The number of phenols is 1. The number of hydrogen-bond donors (Lipinski definition) is 1. The van der Waals surface area contributed by atoms with E-state index < -0.39 is 11.6 Å². The van der Waals surface area contributed by atoms with Crippen LogP contribution in [0.25, 0.3) is 39.0 Å². The fraction of sp³-hybridized carbons (Fsp3) is 0.400. The number of likely N-dealkylation sites (N-methyl/N-ethyl adjacent to an activating group) is 1. The third kappa shape index (κ3) is 4.55. The second-order valence-electron chi connectivity index (χ2n) is 12.3. The lowest BCUT2D eigenvalue weighted by atomic mass is 9.92. The number of aromatic nitrogens is 3. The van der Waals surface area contributed by atoms with Gasteiger partial charge in [0.25, 0.3) is 0 Å². The molecule has 3 aliphatic rings. The van der Waals surface area contributed by atoms with Crippen molar-refractivity contribution in [3.63, 3.8) is 0 Å². The number of benzene rings is 2. The van der Waals surface area contributed by atoms with Crippen LogP contribution in [0, 0.1) is 24.0 Å². The number of fused-ring (bicyclic) bond motifs is 3. The summed E-state index contributed by atoms with van der Waals surface area (Å²) in [5, 5.41) is 11.9. The average molecular weight is 596 g/mol. The number of terminal acetylenes is 1. The molecule has 2 fully saturated rings. The Morgan fingerprint density at radius 1 is 1.11 bits per heavy atom. The van der Waals surface area contributed by atoms with Crippen LogP contribution in [0.3, 0.4) is 0 Å². The molecule has 7 nitrogen and oxygen atoms in total. The second-order valence-corrected chi connectivity index (χ2v) is 12.3. The highest BCUT2D eigenvalue weighted by molar-refractivity contribution is 6.04. The molecular weight excluding hydrogens is 560 g/mol. The number of piperidine rings is 1. The smallest absolute Gasteiger partial charge is 0.319 e. The molecule has 0 bridgehead atoms. The van der Waals surface area contributed by atoms with Gasteiger partial charge in [0, 0.05) is 23.5 Å². The number of halogens is 2. The number of ether oxygens (including phenoxy) is 1. The molecule has 0 amide bonds. The van der Waals surface area contributed by atoms with Gasteiger partial charge in [0.05, 0.1) is 22.2 Å². The minimum absolute atomic E-state index is 0.0216. The molecule has 4 aromatic rings. The fourth-order valence-corrected chi connectivity index (χ4v) is 7.42. The number of hydrogen-bond acceptors (Lipinski definition) is 7. The molecule has 7 rings (SSSR count). The van der Waals surface area contributed by atoms with Gasteiger partial charge in [-0.2, -0.15) is 9.97 Å². The number of aromatic hydroxyl groups is 1. The van der Waals surface area contributed by atoms with Crippen molar-refractivity contribution in [2.24, 2.45) is 0 Å². The molecule has 1 unspecified atom stereocenters. The molecule has 0 saturated carbocycles. The van der Waals surface area contributed by atoms with Crippen molar-refractivity contribution >= 4 is 33.6 Å². The molecule has 2 aromatic heterocycles. The molecule has 1 N–H and O–H groups in total. The highest BCUT2D eigenvalue weighted by atomic mass is 19.1. The Morgan fingerprint density at radius 2 is 1.98 bits per heavy atom. The summed E-state index contributed by atoms with van der Waals surface area (Å²) < 4.78 is 38.2. The van der Waals surface area contributed by atoms with Gasteiger partial charge in [-0.15, -0.1) is 6.42 Å². The summed E-state index contributed by atoms with van der Waals surface area (Å²) in [6.45, 7) is 4.34. The molecule has 2 atom stereocenters. The zero-order valence-corrected chi connectivity index (χ0v) is 25.0. The third-order valence-electron chi connectivity index (χ3n) is 9.65. The summed E-state index contributed by atoms with van der Waals surface area (Å²) >= 11 is 0. The van der Waals surface area contributed by atoms with Gasteiger partial charge in [0.15, 0.2) is 5.82 Å². The summed E-state index contributed by atoms with van der Waals surface area (Å²) in [6.07, 6.45) is 16.8. The first kappa shape index (κ1) is 28.5. The summed E-state index contributed by atoms with van der Waals surface area (Å²) in [6, 6.07) is 5.80. The van der Waals surface area contributed by atoms with Crippen LogP contribution < -0.4 is 9.64 Å². The van der Waals surface area contributed by atoms with Crippen LogP contribution in [0.2, 0.25) is 0 Å². The Balaban J connectivity index is 1.46. The van der Waals surface area contributed by atoms with Gasteiger partial charge in [0.2, 0.25) is 0 Å². The molecule has 2 aromatic carbocycles. The van der Waals surface area contributed by atoms with Crippen LogP contribution >= 0.6 is 0 Å². The number of phenolic OH excluding ortho intramolecular Hbond substituents is 1. The third-order valence-corrected chi connectivity index (χ3v) is 9.65. The Morgan fingerprint density at radius 3 is 2.75 bits per heavy atom. The molecule has 3 aliphatic heterocycles. The van der Waals surface area contributed by atoms with Crippen LogP contribution in [-0.2, 0) is 0 Å². The van der Waals surface area contributed by atoms with Gasteiger partial charge >= 0.3 is 6.01 Å². The van der Waals surface area contributed by atoms with Gasteiger partial charge in [-0.3, -0.25) is 4.90 Å². The van der Waals surface area contributed by atoms with E-state index in [-0.39, 0.29) is 45.7 Å². The van der Waals surface area contributed by atoms with Crippen molar-refractivity contribution in [1.82, 2.24) is 19.9 Å². The van der Waals surface area contributed by atoms with E-state index in [0.717, 1.165) is 58.0 Å². The van der Waals surface area contributed by atoms with E-state index in [1.807, 2.05) is 6.08 Å². The van der Waals surface area contributed by atoms with E-state index in [9.17, 15) is 9.50 Å². The van der Waals surface area contributed by atoms with E-state index in [4.69, 9.17) is 21.1 Å². The first-order valence-corrected chi connectivity index (χ1v) is 15.5. The Hall–Kier alpha value is -4.29. The Kier molecular flexibility index (Phi) is 7.13. The first-order valence-electron chi connectivity index (χ1n) is 15.5. The highest BCUT2D eigenvalue weighted by Crippen LogP contribution is 2.42. The predicted molar refractivity (Wildman–Crippen MR) is 169 cm³/mol. The Labute approximate surface area is 255 Å². The van der Waals surface area contributed by atoms with E-state index in [0.29, 0.717) is 34.3 Å². The van der Waals surface area contributed by atoms with Crippen molar-refractivity contribution in [3.05, 3.63) is 53.2 Å². The van der Waals surface area contributed by atoms with Crippen LogP contribution in [0.15, 0.2) is 30.3 Å². The zero-order valence-electron chi connectivity index (χ0n) is 25.0. The quantitative estimate of drug-likeness (QED) is 0.245. The lowest BCUT2D eigenvalue weighted by Crippen LogP contribution is -2.46. The molecule has 0 aliphatic carbocycles. The van der Waals surface area contributed by atoms with Crippen LogP contribution in [-0.4, -0.2) is 63.3 Å². The molecule has 226 valence electrons. The van der Waals surface area contributed by atoms with E-state index in [1.54, 1.807) is 0 Å². The van der Waals surface area contributed by atoms with Crippen molar-refractivity contribution < 1.29 is 18.6 Å². The van der Waals surface area contributed by atoms with Gasteiger partial charge in [-0.05, 0) is 81.8 Å². The van der Waals surface area contributed by atoms with Crippen LogP contribution in [0.1, 0.15) is 63.1 Å². The van der Waals surface area contributed by atoms with Crippen LogP contribution in [0.5, 0.6) is 11.8 Å². The second kappa shape index (κ2) is 11.0. The van der Waals surface area contributed by atoms with E-state index in [2.05, 4.69) is 40.8 Å². The monoisotopic (exact) mass is 595 g/mol. The topological polar surface area (TPSA) is 74.6 Å². The minimum Gasteiger partial charge on any atom is -0.508 e. The number of anilines is 1. The number of rotatable bonds is 6. The number of nitrogens with zero attached hydrogens (tertiary/aromatic N) is 5. The van der Waals surface area contributed by atoms with E-state index in [1.165, 1.54) is 24.3 Å². The lowest BCUT2D eigenvalue weighted by Gasteiger charge is -2.36. The first-order chi connectivity index (χ1) is 21.3. The highest BCUT2D eigenvalue weighted by Gasteiger charge is 2.39. The maximum Gasteiger partial charge on any atom is 0.319 e.